The lowest BCUT2D eigenvalue weighted by Crippen LogP contribution is -2.46. The van der Waals surface area contributed by atoms with Crippen molar-refractivity contribution in [2.75, 3.05) is 32.8 Å². The van der Waals surface area contributed by atoms with Gasteiger partial charge < -0.3 is 4.74 Å². The largest absolute Gasteiger partial charge is 0.379 e. The fraction of sp³-hybridized carbons (Fsp3) is 0.700. The lowest BCUT2D eigenvalue weighted by Gasteiger charge is -2.26. The number of nitrogens with zero attached hydrogens (tertiary/aromatic N) is 2. The molecule has 3 amide bonds. The summed E-state index contributed by atoms with van der Waals surface area (Å²) in [4.78, 5) is 37.0. The van der Waals surface area contributed by atoms with Crippen LogP contribution in [0.25, 0.3) is 0 Å². The van der Waals surface area contributed by atoms with Gasteiger partial charge in [0.2, 0.25) is 17.7 Å². The molecule has 0 aromatic heterocycles. The Bertz CT molecular complexity index is 307. The molecular formula is C10H14N2O4. The third kappa shape index (κ3) is 2.28. The van der Waals surface area contributed by atoms with Crippen LogP contribution >= 0.6 is 0 Å². The van der Waals surface area contributed by atoms with Crippen LogP contribution in [0.2, 0.25) is 0 Å². The zero-order valence-electron chi connectivity index (χ0n) is 8.98. The van der Waals surface area contributed by atoms with E-state index in [9.17, 15) is 14.4 Å². The van der Waals surface area contributed by atoms with E-state index in [0.29, 0.717) is 26.3 Å². The maximum absolute atomic E-state index is 11.7. The third-order valence-corrected chi connectivity index (χ3v) is 2.76. The van der Waals surface area contributed by atoms with Crippen LogP contribution in [0.15, 0.2) is 0 Å². The monoisotopic (exact) mass is 226 g/mol. The Morgan fingerprint density at radius 1 is 1.12 bits per heavy atom. The number of hydrogen-bond donors (Lipinski definition) is 0. The van der Waals surface area contributed by atoms with Crippen LogP contribution in [0.4, 0.5) is 0 Å². The normalized spacial score (nSPS) is 22.9. The molecule has 0 radical (unpaired) electrons. The predicted molar refractivity (Wildman–Crippen MR) is 53.4 cm³/mol. The minimum Gasteiger partial charge on any atom is -0.379 e. The summed E-state index contributed by atoms with van der Waals surface area (Å²) >= 11 is 0. The van der Waals surface area contributed by atoms with Gasteiger partial charge in [0.15, 0.2) is 0 Å². The van der Waals surface area contributed by atoms with E-state index in [1.54, 1.807) is 0 Å². The maximum Gasteiger partial charge on any atom is 0.250 e. The summed E-state index contributed by atoms with van der Waals surface area (Å²) in [5.74, 6) is -1.15. The molecule has 2 fully saturated rings. The number of likely N-dealkylation sites (tertiary alicyclic amines) is 1. The van der Waals surface area contributed by atoms with Crippen molar-refractivity contribution in [3.05, 3.63) is 0 Å². The summed E-state index contributed by atoms with van der Waals surface area (Å²) in [5.41, 5.74) is 0. The van der Waals surface area contributed by atoms with E-state index >= 15 is 0 Å². The van der Waals surface area contributed by atoms with Gasteiger partial charge in [0.05, 0.1) is 19.8 Å². The quantitative estimate of drug-likeness (QED) is 0.565. The molecule has 6 nitrogen and oxygen atoms in total. The highest BCUT2D eigenvalue weighted by molar-refractivity contribution is 6.15. The minimum absolute atomic E-state index is 0.126. The Morgan fingerprint density at radius 2 is 1.69 bits per heavy atom. The van der Waals surface area contributed by atoms with Crippen LogP contribution in [-0.2, 0) is 19.1 Å². The highest BCUT2D eigenvalue weighted by atomic mass is 16.5. The molecule has 0 saturated carbocycles. The van der Waals surface area contributed by atoms with E-state index < -0.39 is 5.91 Å². The summed E-state index contributed by atoms with van der Waals surface area (Å²) in [5, 5.41) is 0. The molecule has 0 bridgehead atoms. The summed E-state index contributed by atoms with van der Waals surface area (Å²) < 4.78 is 5.15. The lowest BCUT2D eigenvalue weighted by molar-refractivity contribution is -0.150. The van der Waals surface area contributed by atoms with Crippen LogP contribution in [0, 0.1) is 0 Å². The highest BCUT2D eigenvalue weighted by Gasteiger charge is 2.34. The lowest BCUT2D eigenvalue weighted by atomic mass is 10.4. The van der Waals surface area contributed by atoms with Gasteiger partial charge in [-0.05, 0) is 0 Å². The highest BCUT2D eigenvalue weighted by Crippen LogP contribution is 2.12. The molecule has 2 aliphatic rings. The molecule has 0 N–H and O–H groups in total. The number of morpholine rings is 1. The zero-order chi connectivity index (χ0) is 11.5. The van der Waals surface area contributed by atoms with Crippen molar-refractivity contribution in [1.29, 1.82) is 0 Å². The first-order valence-electron chi connectivity index (χ1n) is 5.37. The van der Waals surface area contributed by atoms with Crippen LogP contribution < -0.4 is 0 Å². The average Bonchev–Trinajstić information content (AvgIpc) is 2.60. The summed E-state index contributed by atoms with van der Waals surface area (Å²) in [6.07, 6.45) is 0.321. The SMILES string of the molecule is O=C1CCC(=O)N1C(=O)CN1CCOCC1. The van der Waals surface area contributed by atoms with Gasteiger partial charge >= 0.3 is 0 Å². The molecule has 6 heteroatoms. The van der Waals surface area contributed by atoms with Gasteiger partial charge in [0.25, 0.3) is 0 Å². The number of imide groups is 3. The standard InChI is InChI=1S/C10H14N2O4/c13-8-1-2-9(14)12(8)10(15)7-11-3-5-16-6-4-11/h1-7H2. The molecule has 0 spiro atoms. The number of carbonyl (C=O) groups excluding carboxylic acids is 3. The molecule has 0 aromatic rings. The van der Waals surface area contributed by atoms with Crippen molar-refractivity contribution < 1.29 is 19.1 Å². The summed E-state index contributed by atoms with van der Waals surface area (Å²) in [7, 11) is 0. The second-order valence-electron chi connectivity index (χ2n) is 3.91. The number of hydrogen-bond acceptors (Lipinski definition) is 5. The number of ether oxygens (including phenoxy) is 1. The molecule has 0 atom stereocenters. The van der Waals surface area contributed by atoms with Crippen molar-refractivity contribution >= 4 is 17.7 Å². The fourth-order valence-electron chi connectivity index (χ4n) is 1.88. The molecule has 16 heavy (non-hydrogen) atoms. The molecular weight excluding hydrogens is 212 g/mol. The van der Waals surface area contributed by atoms with Crippen LogP contribution in [0.5, 0.6) is 0 Å². The van der Waals surface area contributed by atoms with Crippen molar-refractivity contribution in [3.63, 3.8) is 0 Å². The Morgan fingerprint density at radius 3 is 2.25 bits per heavy atom. The molecule has 0 aliphatic carbocycles. The predicted octanol–water partition coefficient (Wildman–Crippen LogP) is -1.01. The number of carbonyl (C=O) groups is 3. The molecule has 0 aromatic carbocycles. The van der Waals surface area contributed by atoms with Gasteiger partial charge in [-0.1, -0.05) is 0 Å². The van der Waals surface area contributed by atoms with Gasteiger partial charge in [0, 0.05) is 25.9 Å². The van der Waals surface area contributed by atoms with Crippen LogP contribution in [0.1, 0.15) is 12.8 Å². The van der Waals surface area contributed by atoms with Crippen molar-refractivity contribution in [1.82, 2.24) is 9.80 Å². The zero-order valence-corrected chi connectivity index (χ0v) is 8.98. The minimum atomic E-state index is -0.408. The smallest absolute Gasteiger partial charge is 0.250 e. The second-order valence-corrected chi connectivity index (χ2v) is 3.91. The Kier molecular flexibility index (Phi) is 3.31. The second kappa shape index (κ2) is 4.71. The first-order valence-corrected chi connectivity index (χ1v) is 5.37. The van der Waals surface area contributed by atoms with E-state index in [-0.39, 0.29) is 31.2 Å². The van der Waals surface area contributed by atoms with E-state index in [4.69, 9.17) is 4.74 Å². The Balaban J connectivity index is 1.91. The van der Waals surface area contributed by atoms with E-state index in [2.05, 4.69) is 0 Å². The van der Waals surface area contributed by atoms with Crippen molar-refractivity contribution in [3.8, 4) is 0 Å². The van der Waals surface area contributed by atoms with E-state index in [0.717, 1.165) is 4.90 Å². The number of rotatable bonds is 2. The van der Waals surface area contributed by atoms with Gasteiger partial charge in [-0.2, -0.15) is 0 Å². The van der Waals surface area contributed by atoms with Gasteiger partial charge in [0.1, 0.15) is 0 Å². The first kappa shape index (κ1) is 11.2. The third-order valence-electron chi connectivity index (χ3n) is 2.76. The summed E-state index contributed by atoms with van der Waals surface area (Å²) in [6.45, 7) is 2.65. The number of amides is 3. The van der Waals surface area contributed by atoms with Crippen LogP contribution in [0.3, 0.4) is 0 Å². The van der Waals surface area contributed by atoms with E-state index in [1.807, 2.05) is 4.90 Å². The Hall–Kier alpha value is -1.27. The topological polar surface area (TPSA) is 66.9 Å². The van der Waals surface area contributed by atoms with Crippen LogP contribution in [-0.4, -0.2) is 60.4 Å². The molecule has 2 heterocycles. The fourth-order valence-corrected chi connectivity index (χ4v) is 1.88. The van der Waals surface area contributed by atoms with Gasteiger partial charge in [-0.15, -0.1) is 0 Å². The molecule has 2 saturated heterocycles. The van der Waals surface area contributed by atoms with Crippen molar-refractivity contribution in [2.45, 2.75) is 12.8 Å². The molecule has 88 valence electrons. The Labute approximate surface area is 93.1 Å². The average molecular weight is 226 g/mol. The maximum atomic E-state index is 11.7. The van der Waals surface area contributed by atoms with Crippen molar-refractivity contribution in [2.24, 2.45) is 0 Å². The van der Waals surface area contributed by atoms with Gasteiger partial charge in [-0.3, -0.25) is 19.3 Å². The molecule has 0 unspecified atom stereocenters. The van der Waals surface area contributed by atoms with E-state index in [1.165, 1.54) is 0 Å². The molecule has 2 rings (SSSR count). The molecule has 2 aliphatic heterocycles. The first-order chi connectivity index (χ1) is 7.68. The summed E-state index contributed by atoms with van der Waals surface area (Å²) in [6, 6.07) is 0. The van der Waals surface area contributed by atoms with Gasteiger partial charge in [-0.25, -0.2) is 4.90 Å².